The van der Waals surface area contributed by atoms with E-state index in [-0.39, 0.29) is 28.7 Å². The Morgan fingerprint density at radius 2 is 1.78 bits per heavy atom. The Balaban J connectivity index is 1.48. The summed E-state index contributed by atoms with van der Waals surface area (Å²) in [6.07, 6.45) is 1.30. The molecule has 3 rings (SSSR count). The van der Waals surface area contributed by atoms with Crippen LogP contribution in [0, 0.1) is 5.92 Å². The third-order valence-corrected chi connectivity index (χ3v) is 7.73. The predicted octanol–water partition coefficient (Wildman–Crippen LogP) is 4.23. The summed E-state index contributed by atoms with van der Waals surface area (Å²) in [5.41, 5.74) is 1.31. The molecule has 2 aromatic rings. The second kappa shape index (κ2) is 10.2. The number of benzene rings is 2. The molecule has 1 saturated heterocycles. The van der Waals surface area contributed by atoms with E-state index in [0.29, 0.717) is 37.6 Å². The molecule has 1 atom stereocenters. The lowest BCUT2D eigenvalue weighted by molar-refractivity contribution is -0.126. The number of carbonyl (C=O) groups excluding carboxylic acids is 1. The molecule has 0 bridgehead atoms. The van der Waals surface area contributed by atoms with Gasteiger partial charge < -0.3 is 10.1 Å². The molecule has 32 heavy (non-hydrogen) atoms. The van der Waals surface area contributed by atoms with E-state index in [1.54, 1.807) is 12.1 Å². The zero-order valence-corrected chi connectivity index (χ0v) is 20.4. The molecule has 1 N–H and O–H groups in total. The van der Waals surface area contributed by atoms with Crippen LogP contribution < -0.4 is 10.1 Å². The first kappa shape index (κ1) is 24.6. The highest BCUT2D eigenvalue weighted by Gasteiger charge is 2.33. The minimum atomic E-state index is -3.65. The molecule has 1 amide bonds. The largest absolute Gasteiger partial charge is 0.492 e. The Morgan fingerprint density at radius 3 is 2.41 bits per heavy atom. The molecule has 1 heterocycles. The van der Waals surface area contributed by atoms with Crippen molar-refractivity contribution in [1.82, 2.24) is 9.62 Å². The van der Waals surface area contributed by atoms with E-state index in [1.165, 1.54) is 22.0 Å². The summed E-state index contributed by atoms with van der Waals surface area (Å²) in [7, 11) is -3.65. The lowest BCUT2D eigenvalue weighted by Crippen LogP contribution is -2.45. The van der Waals surface area contributed by atoms with E-state index < -0.39 is 10.0 Å². The van der Waals surface area contributed by atoms with Gasteiger partial charge >= 0.3 is 0 Å². The molecule has 0 saturated carbocycles. The molecule has 1 aliphatic heterocycles. The van der Waals surface area contributed by atoms with E-state index in [2.05, 4.69) is 26.1 Å². The normalized spacial score (nSPS) is 17.7. The van der Waals surface area contributed by atoms with Gasteiger partial charge in [0.2, 0.25) is 15.9 Å². The first-order chi connectivity index (χ1) is 15.1. The lowest BCUT2D eigenvalue weighted by atomic mass is 9.87. The summed E-state index contributed by atoms with van der Waals surface area (Å²) in [6.45, 7) is 7.76. The number of nitrogens with zero attached hydrogens (tertiary/aromatic N) is 1. The summed E-state index contributed by atoms with van der Waals surface area (Å²) >= 11 is 5.87. The first-order valence-electron chi connectivity index (χ1n) is 10.8. The van der Waals surface area contributed by atoms with E-state index >= 15 is 0 Å². The summed E-state index contributed by atoms with van der Waals surface area (Å²) in [5, 5.41) is 3.35. The maximum atomic E-state index is 12.9. The third kappa shape index (κ3) is 6.24. The Hall–Kier alpha value is -2.09. The van der Waals surface area contributed by atoms with Gasteiger partial charge in [-0.1, -0.05) is 44.5 Å². The molecule has 8 heteroatoms. The van der Waals surface area contributed by atoms with Crippen LogP contribution in [0.15, 0.2) is 53.4 Å². The van der Waals surface area contributed by atoms with Gasteiger partial charge in [0.15, 0.2) is 0 Å². The number of nitrogens with one attached hydrogen (secondary N) is 1. The molecule has 0 radical (unpaired) electrons. The molecule has 6 nitrogen and oxygen atoms in total. The van der Waals surface area contributed by atoms with Crippen molar-refractivity contribution < 1.29 is 17.9 Å². The van der Waals surface area contributed by atoms with E-state index in [0.717, 1.165) is 5.75 Å². The van der Waals surface area contributed by atoms with Gasteiger partial charge in [-0.05, 0) is 60.2 Å². The van der Waals surface area contributed by atoms with Crippen LogP contribution in [0.2, 0.25) is 5.02 Å². The minimum absolute atomic E-state index is 0.0847. The molecule has 1 fully saturated rings. The van der Waals surface area contributed by atoms with Crippen molar-refractivity contribution in [2.75, 3.05) is 26.2 Å². The van der Waals surface area contributed by atoms with Gasteiger partial charge in [0.1, 0.15) is 12.4 Å². The fraction of sp³-hybridized carbons (Fsp3) is 0.458. The molecule has 174 valence electrons. The SMILES string of the molecule is CC(C)(C)c1ccc(OCCNC(=O)[C@@H]2CCCN(S(=O)(=O)c3ccc(Cl)cc3)C2)cc1. The smallest absolute Gasteiger partial charge is 0.243 e. The number of carbonyl (C=O) groups is 1. The van der Waals surface area contributed by atoms with Crippen LogP contribution in [-0.4, -0.2) is 44.9 Å². The fourth-order valence-corrected chi connectivity index (χ4v) is 5.32. The molecular weight excluding hydrogens is 448 g/mol. The second-order valence-corrected chi connectivity index (χ2v) is 11.4. The van der Waals surface area contributed by atoms with Gasteiger partial charge in [-0.15, -0.1) is 0 Å². The monoisotopic (exact) mass is 478 g/mol. The fourth-order valence-electron chi connectivity index (χ4n) is 3.67. The van der Waals surface area contributed by atoms with Crippen molar-refractivity contribution in [3.8, 4) is 5.75 Å². The van der Waals surface area contributed by atoms with Crippen LogP contribution in [0.25, 0.3) is 0 Å². The molecule has 0 aliphatic carbocycles. The zero-order valence-electron chi connectivity index (χ0n) is 18.8. The van der Waals surface area contributed by atoms with Crippen LogP contribution in [0.5, 0.6) is 5.75 Å². The van der Waals surface area contributed by atoms with Crippen molar-refractivity contribution in [2.45, 2.75) is 43.9 Å². The zero-order chi connectivity index (χ0) is 23.4. The van der Waals surface area contributed by atoms with Crippen molar-refractivity contribution in [1.29, 1.82) is 0 Å². The highest BCUT2D eigenvalue weighted by Crippen LogP contribution is 2.25. The number of hydrogen-bond acceptors (Lipinski definition) is 4. The van der Waals surface area contributed by atoms with Crippen LogP contribution >= 0.6 is 11.6 Å². The average molecular weight is 479 g/mol. The average Bonchev–Trinajstić information content (AvgIpc) is 2.76. The van der Waals surface area contributed by atoms with Crippen LogP contribution in [-0.2, 0) is 20.2 Å². The van der Waals surface area contributed by atoms with E-state index in [1.807, 2.05) is 24.3 Å². The highest BCUT2D eigenvalue weighted by molar-refractivity contribution is 7.89. The quantitative estimate of drug-likeness (QED) is 0.604. The molecule has 0 unspecified atom stereocenters. The highest BCUT2D eigenvalue weighted by atomic mass is 35.5. The number of amides is 1. The minimum Gasteiger partial charge on any atom is -0.492 e. The van der Waals surface area contributed by atoms with Gasteiger partial charge in [0.05, 0.1) is 17.4 Å². The Labute approximate surface area is 196 Å². The van der Waals surface area contributed by atoms with Gasteiger partial charge in [0.25, 0.3) is 0 Å². The maximum Gasteiger partial charge on any atom is 0.243 e. The number of sulfonamides is 1. The topological polar surface area (TPSA) is 75.7 Å². The van der Waals surface area contributed by atoms with E-state index in [9.17, 15) is 13.2 Å². The second-order valence-electron chi connectivity index (χ2n) is 9.07. The summed E-state index contributed by atoms with van der Waals surface area (Å²) in [4.78, 5) is 12.8. The van der Waals surface area contributed by atoms with Crippen molar-refractivity contribution in [3.63, 3.8) is 0 Å². The van der Waals surface area contributed by atoms with Gasteiger partial charge in [0, 0.05) is 18.1 Å². The first-order valence-corrected chi connectivity index (χ1v) is 12.7. The number of ether oxygens (including phenoxy) is 1. The molecular formula is C24H31ClN2O4S. The van der Waals surface area contributed by atoms with Crippen molar-refractivity contribution in [3.05, 3.63) is 59.1 Å². The molecule has 0 aromatic heterocycles. The number of rotatable bonds is 7. The van der Waals surface area contributed by atoms with Crippen LogP contribution in [0.4, 0.5) is 0 Å². The summed E-state index contributed by atoms with van der Waals surface area (Å²) in [6, 6.07) is 14.1. The third-order valence-electron chi connectivity index (χ3n) is 5.60. The molecule has 2 aromatic carbocycles. The van der Waals surface area contributed by atoms with Gasteiger partial charge in [-0.25, -0.2) is 8.42 Å². The Bertz CT molecular complexity index is 1020. The van der Waals surface area contributed by atoms with E-state index in [4.69, 9.17) is 16.3 Å². The van der Waals surface area contributed by atoms with Crippen LogP contribution in [0.3, 0.4) is 0 Å². The molecule has 1 aliphatic rings. The number of halogens is 1. The molecule has 0 spiro atoms. The lowest BCUT2D eigenvalue weighted by Gasteiger charge is -2.31. The number of hydrogen-bond donors (Lipinski definition) is 1. The Morgan fingerprint density at radius 1 is 1.12 bits per heavy atom. The maximum absolute atomic E-state index is 12.9. The van der Waals surface area contributed by atoms with Crippen molar-refractivity contribution in [2.24, 2.45) is 5.92 Å². The van der Waals surface area contributed by atoms with Crippen molar-refractivity contribution >= 4 is 27.5 Å². The Kier molecular flexibility index (Phi) is 7.85. The van der Waals surface area contributed by atoms with Crippen LogP contribution in [0.1, 0.15) is 39.2 Å². The predicted molar refractivity (Wildman–Crippen MR) is 127 cm³/mol. The van der Waals surface area contributed by atoms with Gasteiger partial charge in [-0.3, -0.25) is 4.79 Å². The van der Waals surface area contributed by atoms with Gasteiger partial charge in [-0.2, -0.15) is 4.31 Å². The number of piperidine rings is 1. The summed E-state index contributed by atoms with van der Waals surface area (Å²) in [5.74, 6) is 0.231. The summed E-state index contributed by atoms with van der Waals surface area (Å²) < 4.78 is 32.9. The standard InChI is InChI=1S/C24H31ClN2O4S/c1-24(2,3)19-6-10-21(11-7-19)31-16-14-26-23(28)18-5-4-15-27(17-18)32(29,30)22-12-8-20(25)9-13-22/h6-13,18H,4-5,14-17H2,1-3H3,(H,26,28)/t18-/m1/s1.